The Bertz CT molecular complexity index is 3450. The molecule has 0 aliphatic heterocycles. The Kier molecular flexibility index (Phi) is 6.44. The normalized spacial score (nSPS) is 12.0. The summed E-state index contributed by atoms with van der Waals surface area (Å²) in [6, 6.07) is 62.2. The van der Waals surface area contributed by atoms with E-state index in [0.717, 1.165) is 66.9 Å². The number of thiophene rings is 1. The van der Waals surface area contributed by atoms with E-state index in [-0.39, 0.29) is 0 Å². The first-order valence-corrected chi connectivity index (χ1v) is 19.2. The molecule has 6 heteroatoms. The van der Waals surface area contributed by atoms with E-state index in [1.807, 2.05) is 47.7 Å². The first kappa shape index (κ1) is 30.3. The van der Waals surface area contributed by atoms with Crippen LogP contribution in [0.15, 0.2) is 185 Å². The zero-order valence-electron chi connectivity index (χ0n) is 29.3. The lowest BCUT2D eigenvalue weighted by atomic mass is 10.1. The maximum atomic E-state index is 6.49. The van der Waals surface area contributed by atoms with Gasteiger partial charge in [0.15, 0.2) is 5.58 Å². The van der Waals surface area contributed by atoms with Crippen LogP contribution in [0.2, 0.25) is 0 Å². The molecule has 0 amide bonds. The van der Waals surface area contributed by atoms with Crippen molar-refractivity contribution in [1.82, 2.24) is 9.55 Å². The van der Waals surface area contributed by atoms with E-state index in [4.69, 9.17) is 13.8 Å². The quantitative estimate of drug-likeness (QED) is 0.177. The molecule has 0 fully saturated rings. The Morgan fingerprint density at radius 3 is 2.07 bits per heavy atom. The van der Waals surface area contributed by atoms with Crippen LogP contribution < -0.4 is 4.90 Å². The molecule has 258 valence electrons. The maximum absolute atomic E-state index is 6.49. The third-order valence-corrected chi connectivity index (χ3v) is 12.0. The van der Waals surface area contributed by atoms with E-state index in [1.54, 1.807) is 0 Å². The minimum Gasteiger partial charge on any atom is -0.456 e. The number of oxazole rings is 1. The number of furan rings is 1. The van der Waals surface area contributed by atoms with Crippen LogP contribution >= 0.6 is 11.3 Å². The summed E-state index contributed by atoms with van der Waals surface area (Å²) in [5.74, 6) is 0.596. The van der Waals surface area contributed by atoms with E-state index in [9.17, 15) is 0 Å². The molecule has 0 radical (unpaired) electrons. The largest absolute Gasteiger partial charge is 0.456 e. The van der Waals surface area contributed by atoms with Gasteiger partial charge in [-0.15, -0.1) is 11.3 Å². The number of para-hydroxylation sites is 2. The highest BCUT2D eigenvalue weighted by Crippen LogP contribution is 2.47. The minimum atomic E-state index is 0.596. The van der Waals surface area contributed by atoms with Crippen molar-refractivity contribution in [2.75, 3.05) is 4.90 Å². The fourth-order valence-electron chi connectivity index (χ4n) is 8.32. The highest BCUT2D eigenvalue weighted by atomic mass is 32.1. The van der Waals surface area contributed by atoms with Crippen molar-refractivity contribution < 1.29 is 8.83 Å². The van der Waals surface area contributed by atoms with Crippen LogP contribution in [0, 0.1) is 0 Å². The summed E-state index contributed by atoms with van der Waals surface area (Å²) in [5, 5.41) is 6.96. The van der Waals surface area contributed by atoms with E-state index < -0.39 is 0 Å². The summed E-state index contributed by atoms with van der Waals surface area (Å²) in [7, 11) is 0. The second kappa shape index (κ2) is 11.7. The fourth-order valence-corrected chi connectivity index (χ4v) is 9.52. The van der Waals surface area contributed by atoms with Gasteiger partial charge in [0, 0.05) is 65.7 Å². The summed E-state index contributed by atoms with van der Waals surface area (Å²) in [5.41, 5.74) is 10.7. The topological polar surface area (TPSA) is 47.3 Å². The van der Waals surface area contributed by atoms with E-state index in [1.165, 1.54) is 36.5 Å². The molecule has 5 nitrogen and oxygen atoms in total. The number of rotatable bonds is 5. The monoisotopic (exact) mass is 723 g/mol. The fraction of sp³-hybridized carbons (Fsp3) is 0. The molecule has 55 heavy (non-hydrogen) atoms. The molecule has 0 N–H and O–H groups in total. The molecule has 8 aromatic carbocycles. The summed E-state index contributed by atoms with van der Waals surface area (Å²) in [4.78, 5) is 7.21. The lowest BCUT2D eigenvalue weighted by Crippen LogP contribution is -2.10. The van der Waals surface area contributed by atoms with Gasteiger partial charge in [0.2, 0.25) is 5.89 Å². The van der Waals surface area contributed by atoms with Crippen molar-refractivity contribution in [2.24, 2.45) is 0 Å². The molecule has 0 unspecified atom stereocenters. The predicted molar refractivity (Wildman–Crippen MR) is 229 cm³/mol. The summed E-state index contributed by atoms with van der Waals surface area (Å²) in [6.07, 6.45) is 0. The molecular weight excluding hydrogens is 695 g/mol. The number of benzene rings is 8. The van der Waals surface area contributed by atoms with Crippen LogP contribution in [0.5, 0.6) is 0 Å². The number of hydrogen-bond acceptors (Lipinski definition) is 5. The number of fused-ring (bicyclic) bond motifs is 10. The number of hydrogen-bond donors (Lipinski definition) is 0. The first-order chi connectivity index (χ1) is 27.2. The molecule has 0 saturated carbocycles. The van der Waals surface area contributed by atoms with Gasteiger partial charge in [0.05, 0.1) is 21.4 Å². The van der Waals surface area contributed by atoms with Crippen molar-refractivity contribution in [3.63, 3.8) is 0 Å². The van der Waals surface area contributed by atoms with Gasteiger partial charge in [0.25, 0.3) is 0 Å². The van der Waals surface area contributed by atoms with Crippen LogP contribution in [0.1, 0.15) is 0 Å². The third kappa shape index (κ3) is 4.62. The van der Waals surface area contributed by atoms with Crippen molar-refractivity contribution in [1.29, 1.82) is 0 Å². The smallest absolute Gasteiger partial charge is 0.227 e. The second-order valence-electron chi connectivity index (χ2n) is 14.0. The van der Waals surface area contributed by atoms with Crippen molar-refractivity contribution in [2.45, 2.75) is 0 Å². The predicted octanol–water partition coefficient (Wildman–Crippen LogP) is 14.3. The van der Waals surface area contributed by atoms with Gasteiger partial charge in [-0.25, -0.2) is 4.98 Å². The zero-order chi connectivity index (χ0) is 36.0. The maximum Gasteiger partial charge on any atom is 0.227 e. The average molecular weight is 724 g/mol. The highest BCUT2D eigenvalue weighted by molar-refractivity contribution is 7.26. The molecular formula is C49H29N3O2S. The standard InChI is InChI=1S/C49H29N3O2S/c1-3-12-30(13-4-1)49-50-40-29-45-39(28-46(40)54-49)38-26-32(23-25-44(38)53-45)51(42-20-11-18-37-36-17-8-10-21-47(36)55-48(37)42)33-22-24-35-34-16-7-9-19-41(34)52(43(35)27-33)31-14-5-2-6-15-31/h1-29H. The van der Waals surface area contributed by atoms with Crippen LogP contribution in [0.4, 0.5) is 17.1 Å². The summed E-state index contributed by atoms with van der Waals surface area (Å²) in [6.45, 7) is 0. The summed E-state index contributed by atoms with van der Waals surface area (Å²) >= 11 is 1.84. The minimum absolute atomic E-state index is 0.596. The van der Waals surface area contributed by atoms with Gasteiger partial charge in [-0.2, -0.15) is 0 Å². The van der Waals surface area contributed by atoms with Gasteiger partial charge in [0.1, 0.15) is 16.7 Å². The Balaban J connectivity index is 1.11. The molecule has 0 bridgehead atoms. The summed E-state index contributed by atoms with van der Waals surface area (Å²) < 4.78 is 17.7. The van der Waals surface area contributed by atoms with Crippen LogP contribution in [-0.4, -0.2) is 9.55 Å². The Hall–Kier alpha value is -7.15. The van der Waals surface area contributed by atoms with E-state index in [0.29, 0.717) is 5.89 Å². The third-order valence-electron chi connectivity index (χ3n) is 10.8. The molecule has 0 saturated heterocycles. The van der Waals surface area contributed by atoms with Gasteiger partial charge in [-0.1, -0.05) is 91.0 Å². The Morgan fingerprint density at radius 2 is 1.18 bits per heavy atom. The van der Waals surface area contributed by atoms with Gasteiger partial charge < -0.3 is 18.3 Å². The zero-order valence-corrected chi connectivity index (χ0v) is 30.1. The molecule has 0 aliphatic carbocycles. The van der Waals surface area contributed by atoms with Gasteiger partial charge in [-0.3, -0.25) is 0 Å². The molecule has 0 aliphatic rings. The Morgan fingerprint density at radius 1 is 0.473 bits per heavy atom. The molecule has 0 atom stereocenters. The van der Waals surface area contributed by atoms with E-state index in [2.05, 4.69) is 149 Å². The molecule has 0 spiro atoms. The molecule has 4 aromatic heterocycles. The van der Waals surface area contributed by atoms with Crippen molar-refractivity contribution in [3.8, 4) is 17.1 Å². The molecule has 4 heterocycles. The first-order valence-electron chi connectivity index (χ1n) is 18.4. The van der Waals surface area contributed by atoms with Crippen LogP contribution in [-0.2, 0) is 0 Å². The average Bonchev–Trinajstić information content (AvgIpc) is 4.01. The van der Waals surface area contributed by atoms with Crippen molar-refractivity contribution in [3.05, 3.63) is 176 Å². The number of aromatic nitrogens is 2. The highest BCUT2D eigenvalue weighted by Gasteiger charge is 2.22. The van der Waals surface area contributed by atoms with Crippen LogP contribution in [0.3, 0.4) is 0 Å². The van der Waals surface area contributed by atoms with Crippen LogP contribution in [0.25, 0.3) is 92.2 Å². The lowest BCUT2D eigenvalue weighted by molar-refractivity contribution is 0.620. The lowest BCUT2D eigenvalue weighted by Gasteiger charge is -2.26. The molecule has 12 aromatic rings. The van der Waals surface area contributed by atoms with Gasteiger partial charge in [-0.05, 0) is 78.9 Å². The Labute approximate surface area is 318 Å². The second-order valence-corrected chi connectivity index (χ2v) is 15.0. The number of anilines is 3. The van der Waals surface area contributed by atoms with Gasteiger partial charge >= 0.3 is 0 Å². The van der Waals surface area contributed by atoms with Crippen molar-refractivity contribution >= 4 is 103 Å². The van der Waals surface area contributed by atoms with E-state index >= 15 is 0 Å². The molecule has 12 rings (SSSR count). The number of nitrogens with zero attached hydrogens (tertiary/aromatic N) is 3. The SMILES string of the molecule is c1ccc(-c2nc3cc4oc5ccc(N(c6ccc7c8ccccc8n(-c8ccccc8)c7c6)c6cccc7c6sc6ccccc67)cc5c4cc3o2)cc1.